The van der Waals surface area contributed by atoms with Crippen molar-refractivity contribution < 1.29 is 32.6 Å². The van der Waals surface area contributed by atoms with Crippen LogP contribution in [0.5, 0.6) is 5.75 Å². The summed E-state index contributed by atoms with van der Waals surface area (Å²) in [6.07, 6.45) is -4.44. The summed E-state index contributed by atoms with van der Waals surface area (Å²) in [5, 5.41) is 10.8. The van der Waals surface area contributed by atoms with Crippen LogP contribution >= 0.6 is 0 Å². The highest BCUT2D eigenvalue weighted by Gasteiger charge is 2.28. The van der Waals surface area contributed by atoms with E-state index in [0.29, 0.717) is 0 Å². The highest BCUT2D eigenvalue weighted by atomic mass is 19.4. The van der Waals surface area contributed by atoms with Crippen molar-refractivity contribution in [2.45, 2.75) is 19.1 Å². The van der Waals surface area contributed by atoms with E-state index in [2.05, 4.69) is 10.1 Å². The average Bonchev–Trinajstić information content (AvgIpc) is 2.35. The van der Waals surface area contributed by atoms with Gasteiger partial charge < -0.3 is 15.2 Å². The summed E-state index contributed by atoms with van der Waals surface area (Å²) in [6.45, 7) is -0.129. The van der Waals surface area contributed by atoms with E-state index in [4.69, 9.17) is 5.11 Å². The van der Waals surface area contributed by atoms with Crippen LogP contribution < -0.4 is 10.1 Å². The monoisotopic (exact) mass is 291 g/mol. The van der Waals surface area contributed by atoms with E-state index in [1.165, 1.54) is 31.2 Å². The fraction of sp³-hybridized carbons (Fsp3) is 0.333. The second kappa shape index (κ2) is 6.27. The molecule has 1 aromatic carbocycles. The number of aliphatic carboxylic acids is 1. The highest BCUT2D eigenvalue weighted by Crippen LogP contribution is 2.18. The zero-order chi connectivity index (χ0) is 15.3. The minimum Gasteiger partial charge on any atom is -0.484 e. The molecule has 0 aromatic heterocycles. The third-order valence-electron chi connectivity index (χ3n) is 2.24. The molecule has 20 heavy (non-hydrogen) atoms. The molecular weight excluding hydrogens is 279 g/mol. The first-order valence-corrected chi connectivity index (χ1v) is 5.52. The molecule has 0 aliphatic heterocycles. The number of amides is 1. The summed E-state index contributed by atoms with van der Waals surface area (Å²) in [5.74, 6) is -1.86. The molecule has 0 bridgehead atoms. The van der Waals surface area contributed by atoms with E-state index in [-0.39, 0.29) is 11.3 Å². The van der Waals surface area contributed by atoms with Crippen LogP contribution in [0.1, 0.15) is 17.3 Å². The molecule has 0 aliphatic rings. The van der Waals surface area contributed by atoms with Crippen molar-refractivity contribution in [3.8, 4) is 5.75 Å². The van der Waals surface area contributed by atoms with Gasteiger partial charge in [-0.25, -0.2) is 0 Å². The maximum absolute atomic E-state index is 11.9. The first-order valence-electron chi connectivity index (χ1n) is 5.52. The van der Waals surface area contributed by atoms with Crippen molar-refractivity contribution in [2.75, 3.05) is 6.61 Å². The van der Waals surface area contributed by atoms with Gasteiger partial charge in [0.15, 0.2) is 6.61 Å². The molecule has 1 atom stereocenters. The van der Waals surface area contributed by atoms with Crippen molar-refractivity contribution in [3.05, 3.63) is 29.8 Å². The minimum absolute atomic E-state index is 0.0369. The van der Waals surface area contributed by atoms with Crippen LogP contribution in [-0.2, 0) is 4.79 Å². The number of rotatable bonds is 5. The molecule has 0 spiro atoms. The van der Waals surface area contributed by atoms with Gasteiger partial charge in [-0.3, -0.25) is 9.59 Å². The minimum atomic E-state index is -4.44. The lowest BCUT2D eigenvalue weighted by Crippen LogP contribution is -2.38. The molecule has 0 fully saturated rings. The predicted octanol–water partition coefficient (Wildman–Crippen LogP) is 1.83. The molecule has 2 N–H and O–H groups in total. The van der Waals surface area contributed by atoms with E-state index in [9.17, 15) is 22.8 Å². The normalized spacial score (nSPS) is 12.6. The molecule has 8 heteroatoms. The summed E-state index contributed by atoms with van der Waals surface area (Å²) in [4.78, 5) is 22.2. The number of ether oxygens (including phenoxy) is 1. The quantitative estimate of drug-likeness (QED) is 0.868. The Bertz CT molecular complexity index is 484. The van der Waals surface area contributed by atoms with Crippen LogP contribution in [0.3, 0.4) is 0 Å². The standard InChI is InChI=1S/C12H12F3NO4/c1-7(11(18)19)16-10(17)8-2-4-9(5-3-8)20-6-12(13,14)15/h2-5,7H,6H2,1H3,(H,16,17)(H,18,19). The number of nitrogens with one attached hydrogen (secondary N) is 1. The molecule has 1 rings (SSSR count). The maximum Gasteiger partial charge on any atom is 0.422 e. The number of alkyl halides is 3. The number of halogens is 3. The van der Waals surface area contributed by atoms with Crippen LogP contribution in [0, 0.1) is 0 Å². The van der Waals surface area contributed by atoms with Crippen LogP contribution in [-0.4, -0.2) is 35.8 Å². The third-order valence-corrected chi connectivity index (χ3v) is 2.24. The first-order chi connectivity index (χ1) is 9.19. The number of carbonyl (C=O) groups is 2. The van der Waals surface area contributed by atoms with Crippen molar-refractivity contribution >= 4 is 11.9 Å². The SMILES string of the molecule is CC(NC(=O)c1ccc(OCC(F)(F)F)cc1)C(=O)O. The van der Waals surface area contributed by atoms with Crippen LogP contribution in [0.4, 0.5) is 13.2 Å². The Balaban J connectivity index is 2.62. The van der Waals surface area contributed by atoms with Gasteiger partial charge in [-0.1, -0.05) is 0 Å². The topological polar surface area (TPSA) is 75.6 Å². The molecular formula is C12H12F3NO4. The number of benzene rings is 1. The van der Waals surface area contributed by atoms with Crippen LogP contribution in [0.15, 0.2) is 24.3 Å². The second-order valence-corrected chi connectivity index (χ2v) is 3.96. The molecule has 0 radical (unpaired) electrons. The summed E-state index contributed by atoms with van der Waals surface area (Å²) in [6, 6.07) is 3.83. The molecule has 1 amide bonds. The van der Waals surface area contributed by atoms with E-state index in [1.54, 1.807) is 0 Å². The molecule has 1 unspecified atom stereocenters. The van der Waals surface area contributed by atoms with Crippen LogP contribution in [0.25, 0.3) is 0 Å². The summed E-state index contributed by atoms with van der Waals surface area (Å²) in [7, 11) is 0. The zero-order valence-corrected chi connectivity index (χ0v) is 10.4. The van der Waals surface area contributed by atoms with Gasteiger partial charge in [0, 0.05) is 5.56 Å². The Kier molecular flexibility index (Phi) is 4.95. The summed E-state index contributed by atoms with van der Waals surface area (Å²) in [5.41, 5.74) is 0.123. The van der Waals surface area contributed by atoms with Crippen molar-refractivity contribution in [3.63, 3.8) is 0 Å². The lowest BCUT2D eigenvalue weighted by atomic mass is 10.2. The number of carboxylic acids is 1. The van der Waals surface area contributed by atoms with Gasteiger partial charge in [0.25, 0.3) is 5.91 Å². The Morgan fingerprint density at radius 1 is 1.30 bits per heavy atom. The fourth-order valence-corrected chi connectivity index (χ4v) is 1.21. The number of carbonyl (C=O) groups excluding carboxylic acids is 1. The van der Waals surface area contributed by atoms with Gasteiger partial charge in [-0.15, -0.1) is 0 Å². The number of hydrogen-bond acceptors (Lipinski definition) is 3. The number of carboxylic acid groups (broad SMARTS) is 1. The largest absolute Gasteiger partial charge is 0.484 e. The van der Waals surface area contributed by atoms with Gasteiger partial charge in [0.1, 0.15) is 11.8 Å². The average molecular weight is 291 g/mol. The van der Waals surface area contributed by atoms with E-state index >= 15 is 0 Å². The summed E-state index contributed by atoms with van der Waals surface area (Å²) >= 11 is 0. The molecule has 5 nitrogen and oxygen atoms in total. The molecule has 110 valence electrons. The first kappa shape index (κ1) is 15.8. The Labute approximate surface area is 112 Å². The molecule has 0 saturated carbocycles. The van der Waals surface area contributed by atoms with Gasteiger partial charge in [-0.2, -0.15) is 13.2 Å². The summed E-state index contributed by atoms with van der Waals surface area (Å²) < 4.78 is 40.2. The Morgan fingerprint density at radius 3 is 2.30 bits per heavy atom. The van der Waals surface area contributed by atoms with E-state index in [0.717, 1.165) is 0 Å². The highest BCUT2D eigenvalue weighted by molar-refractivity contribution is 5.96. The van der Waals surface area contributed by atoms with Gasteiger partial charge >= 0.3 is 12.1 Å². The Morgan fingerprint density at radius 2 is 1.85 bits per heavy atom. The molecule has 0 aliphatic carbocycles. The van der Waals surface area contributed by atoms with Crippen molar-refractivity contribution in [1.29, 1.82) is 0 Å². The van der Waals surface area contributed by atoms with E-state index < -0.39 is 30.7 Å². The van der Waals surface area contributed by atoms with Crippen molar-refractivity contribution in [2.24, 2.45) is 0 Å². The molecule has 1 aromatic rings. The molecule has 0 heterocycles. The second-order valence-electron chi connectivity index (χ2n) is 3.96. The maximum atomic E-state index is 11.9. The third kappa shape index (κ3) is 5.17. The fourth-order valence-electron chi connectivity index (χ4n) is 1.21. The van der Waals surface area contributed by atoms with E-state index in [1.807, 2.05) is 0 Å². The van der Waals surface area contributed by atoms with Crippen LogP contribution in [0.2, 0.25) is 0 Å². The lowest BCUT2D eigenvalue weighted by Gasteiger charge is -2.11. The number of hydrogen-bond donors (Lipinski definition) is 2. The predicted molar refractivity (Wildman–Crippen MR) is 62.6 cm³/mol. The van der Waals surface area contributed by atoms with Gasteiger partial charge in [0.2, 0.25) is 0 Å². The smallest absolute Gasteiger partial charge is 0.422 e. The lowest BCUT2D eigenvalue weighted by molar-refractivity contribution is -0.153. The van der Waals surface area contributed by atoms with Gasteiger partial charge in [0.05, 0.1) is 0 Å². The van der Waals surface area contributed by atoms with Gasteiger partial charge in [-0.05, 0) is 31.2 Å². The zero-order valence-electron chi connectivity index (χ0n) is 10.4. The molecule has 0 saturated heterocycles. The van der Waals surface area contributed by atoms with Crippen molar-refractivity contribution in [1.82, 2.24) is 5.32 Å². The Hall–Kier alpha value is -2.25.